The summed E-state index contributed by atoms with van der Waals surface area (Å²) in [6.45, 7) is 2.55. The Labute approximate surface area is 130 Å². The van der Waals surface area contributed by atoms with E-state index < -0.39 is 0 Å². The van der Waals surface area contributed by atoms with E-state index in [0.717, 1.165) is 5.70 Å². The topological polar surface area (TPSA) is 50.4 Å². The third-order valence-corrected chi connectivity index (χ3v) is 3.13. The van der Waals surface area contributed by atoms with E-state index in [-0.39, 0.29) is 5.91 Å². The molecule has 0 bridgehead atoms. The highest BCUT2D eigenvalue weighted by Gasteiger charge is 2.04. The van der Waals surface area contributed by atoms with Gasteiger partial charge in [0.2, 0.25) is 5.91 Å². The van der Waals surface area contributed by atoms with Gasteiger partial charge >= 0.3 is 0 Å². The van der Waals surface area contributed by atoms with Crippen LogP contribution in [0.15, 0.2) is 66.4 Å². The summed E-state index contributed by atoms with van der Waals surface area (Å²) in [5.41, 5.74) is 2.62. The zero-order valence-corrected chi connectivity index (χ0v) is 12.8. The number of hydrogen-bond donors (Lipinski definition) is 2. The molecule has 0 aliphatic heterocycles. The maximum absolute atomic E-state index is 12.0. The Bertz CT molecular complexity index is 651. The van der Waals surface area contributed by atoms with Gasteiger partial charge in [-0.15, -0.1) is 0 Å². The van der Waals surface area contributed by atoms with Gasteiger partial charge in [-0.05, 0) is 24.6 Å². The van der Waals surface area contributed by atoms with Gasteiger partial charge in [0.15, 0.2) is 0 Å². The van der Waals surface area contributed by atoms with Crippen LogP contribution in [0.3, 0.4) is 0 Å². The van der Waals surface area contributed by atoms with Crippen LogP contribution in [0.1, 0.15) is 12.5 Å². The third kappa shape index (κ3) is 4.66. The fourth-order valence-electron chi connectivity index (χ4n) is 2.00. The van der Waals surface area contributed by atoms with E-state index in [1.807, 2.05) is 49.4 Å². The molecule has 1 amide bonds. The van der Waals surface area contributed by atoms with Crippen LogP contribution in [-0.2, 0) is 11.3 Å². The summed E-state index contributed by atoms with van der Waals surface area (Å²) in [6.07, 6.45) is 1.54. The largest absolute Gasteiger partial charge is 0.495 e. The first kappa shape index (κ1) is 15.6. The van der Waals surface area contributed by atoms with Crippen LogP contribution in [0.25, 0.3) is 0 Å². The van der Waals surface area contributed by atoms with Crippen molar-refractivity contribution < 1.29 is 9.53 Å². The van der Waals surface area contributed by atoms with Crippen molar-refractivity contribution in [2.75, 3.05) is 12.4 Å². The second kappa shape index (κ2) is 7.88. The van der Waals surface area contributed by atoms with Gasteiger partial charge in [0.05, 0.1) is 12.8 Å². The van der Waals surface area contributed by atoms with Gasteiger partial charge in [0.25, 0.3) is 0 Å². The minimum Gasteiger partial charge on any atom is -0.495 e. The molecule has 0 saturated heterocycles. The van der Waals surface area contributed by atoms with E-state index in [0.29, 0.717) is 18.0 Å². The quantitative estimate of drug-likeness (QED) is 0.804. The highest BCUT2D eigenvalue weighted by Crippen LogP contribution is 2.22. The van der Waals surface area contributed by atoms with E-state index in [2.05, 4.69) is 10.6 Å². The lowest BCUT2D eigenvalue weighted by Crippen LogP contribution is -2.15. The normalized spacial score (nSPS) is 10.9. The standard InChI is InChI=1S/C18H20N2O2/c1-14(19-13-15-8-4-3-5-9-15)12-18(21)20-16-10-6-7-11-17(16)22-2/h3-12,19H,13H2,1-2H3,(H,20,21)/b14-12+. The number of ether oxygens (including phenoxy) is 1. The lowest BCUT2D eigenvalue weighted by molar-refractivity contribution is -0.112. The molecule has 0 aliphatic rings. The molecule has 2 aromatic rings. The van der Waals surface area contributed by atoms with Crippen LogP contribution in [0, 0.1) is 0 Å². The van der Waals surface area contributed by atoms with Crippen LogP contribution in [0.5, 0.6) is 5.75 Å². The highest BCUT2D eigenvalue weighted by atomic mass is 16.5. The van der Waals surface area contributed by atoms with Crippen LogP contribution >= 0.6 is 0 Å². The summed E-state index contributed by atoms with van der Waals surface area (Å²) < 4.78 is 5.21. The SMILES string of the molecule is COc1ccccc1NC(=O)/C=C(\C)NCc1ccccc1. The van der Waals surface area contributed by atoms with Crippen molar-refractivity contribution in [3.8, 4) is 5.75 Å². The first-order valence-electron chi connectivity index (χ1n) is 7.09. The predicted molar refractivity (Wildman–Crippen MR) is 88.7 cm³/mol. The van der Waals surface area contributed by atoms with Gasteiger partial charge < -0.3 is 15.4 Å². The molecule has 22 heavy (non-hydrogen) atoms. The van der Waals surface area contributed by atoms with E-state index in [1.54, 1.807) is 19.2 Å². The van der Waals surface area contributed by atoms with Crippen LogP contribution in [0.2, 0.25) is 0 Å². The van der Waals surface area contributed by atoms with Crippen LogP contribution in [-0.4, -0.2) is 13.0 Å². The summed E-state index contributed by atoms with van der Waals surface area (Å²) in [5, 5.41) is 6.02. The fraction of sp³-hybridized carbons (Fsp3) is 0.167. The van der Waals surface area contributed by atoms with Crippen LogP contribution < -0.4 is 15.4 Å². The number of para-hydroxylation sites is 2. The van der Waals surface area contributed by atoms with E-state index in [9.17, 15) is 4.79 Å². The molecule has 4 nitrogen and oxygen atoms in total. The lowest BCUT2D eigenvalue weighted by Gasteiger charge is -2.09. The average molecular weight is 296 g/mol. The molecule has 0 radical (unpaired) electrons. The highest BCUT2D eigenvalue weighted by molar-refractivity contribution is 6.00. The lowest BCUT2D eigenvalue weighted by atomic mass is 10.2. The van der Waals surface area contributed by atoms with E-state index in [4.69, 9.17) is 4.74 Å². The minimum atomic E-state index is -0.192. The van der Waals surface area contributed by atoms with Gasteiger partial charge in [-0.25, -0.2) is 0 Å². The molecular weight excluding hydrogens is 276 g/mol. The monoisotopic (exact) mass is 296 g/mol. The van der Waals surface area contributed by atoms with Gasteiger partial charge in [-0.1, -0.05) is 42.5 Å². The van der Waals surface area contributed by atoms with Gasteiger partial charge in [-0.3, -0.25) is 4.79 Å². The fourth-order valence-corrected chi connectivity index (χ4v) is 2.00. The summed E-state index contributed by atoms with van der Waals surface area (Å²) in [4.78, 5) is 12.0. The molecule has 2 N–H and O–H groups in total. The van der Waals surface area contributed by atoms with Crippen molar-refractivity contribution in [1.82, 2.24) is 5.32 Å². The van der Waals surface area contributed by atoms with Gasteiger partial charge in [-0.2, -0.15) is 0 Å². The number of methoxy groups -OCH3 is 1. The average Bonchev–Trinajstić information content (AvgIpc) is 2.54. The molecule has 0 heterocycles. The minimum absolute atomic E-state index is 0.192. The Hall–Kier alpha value is -2.75. The van der Waals surface area contributed by atoms with Crippen molar-refractivity contribution in [1.29, 1.82) is 0 Å². The molecule has 0 aromatic heterocycles. The van der Waals surface area contributed by atoms with E-state index in [1.165, 1.54) is 11.6 Å². The number of anilines is 1. The molecular formula is C18H20N2O2. The molecule has 4 heteroatoms. The van der Waals surface area contributed by atoms with E-state index >= 15 is 0 Å². The maximum Gasteiger partial charge on any atom is 0.250 e. The van der Waals surface area contributed by atoms with Crippen molar-refractivity contribution >= 4 is 11.6 Å². The molecule has 114 valence electrons. The smallest absolute Gasteiger partial charge is 0.250 e. The second-order valence-electron chi connectivity index (χ2n) is 4.86. The maximum atomic E-state index is 12.0. The second-order valence-corrected chi connectivity index (χ2v) is 4.86. The summed E-state index contributed by atoms with van der Waals surface area (Å²) in [7, 11) is 1.58. The van der Waals surface area contributed by atoms with Crippen molar-refractivity contribution in [2.24, 2.45) is 0 Å². The molecule has 2 aromatic carbocycles. The molecule has 0 aliphatic carbocycles. The number of carbonyl (C=O) groups is 1. The van der Waals surface area contributed by atoms with Crippen molar-refractivity contribution in [3.63, 3.8) is 0 Å². The Morgan fingerprint density at radius 2 is 1.77 bits per heavy atom. The van der Waals surface area contributed by atoms with Gasteiger partial charge in [0, 0.05) is 18.3 Å². The zero-order chi connectivity index (χ0) is 15.8. The third-order valence-electron chi connectivity index (χ3n) is 3.13. The summed E-state index contributed by atoms with van der Waals surface area (Å²) >= 11 is 0. The molecule has 0 fully saturated rings. The van der Waals surface area contributed by atoms with Crippen molar-refractivity contribution in [2.45, 2.75) is 13.5 Å². The molecule has 0 saturated carbocycles. The molecule has 0 atom stereocenters. The summed E-state index contributed by atoms with van der Waals surface area (Å²) in [6, 6.07) is 17.3. The zero-order valence-electron chi connectivity index (χ0n) is 12.8. The Morgan fingerprint density at radius 3 is 2.50 bits per heavy atom. The number of amides is 1. The number of hydrogen-bond acceptors (Lipinski definition) is 3. The number of allylic oxidation sites excluding steroid dienone is 1. The first-order valence-corrected chi connectivity index (χ1v) is 7.09. The number of carbonyl (C=O) groups excluding carboxylic acids is 1. The number of benzene rings is 2. The van der Waals surface area contributed by atoms with Gasteiger partial charge in [0.1, 0.15) is 5.75 Å². The Balaban J connectivity index is 1.92. The Morgan fingerprint density at radius 1 is 1.09 bits per heavy atom. The number of rotatable bonds is 6. The van der Waals surface area contributed by atoms with Crippen molar-refractivity contribution in [3.05, 3.63) is 71.9 Å². The van der Waals surface area contributed by atoms with Crippen LogP contribution in [0.4, 0.5) is 5.69 Å². The first-order chi connectivity index (χ1) is 10.7. The predicted octanol–water partition coefficient (Wildman–Crippen LogP) is 3.33. The molecule has 2 rings (SSSR count). The molecule has 0 spiro atoms. The molecule has 0 unspecified atom stereocenters. The summed E-state index contributed by atoms with van der Waals surface area (Å²) in [5.74, 6) is 0.446. The Kier molecular flexibility index (Phi) is 5.60. The number of nitrogens with one attached hydrogen (secondary N) is 2.